The monoisotopic (exact) mass is 176 g/mol. The third-order valence-corrected chi connectivity index (χ3v) is 2.86. The van der Waals surface area contributed by atoms with E-state index in [0.717, 1.165) is 19.3 Å². The molecule has 0 heterocycles. The van der Waals surface area contributed by atoms with Gasteiger partial charge in [-0.25, -0.2) is 8.78 Å². The summed E-state index contributed by atoms with van der Waals surface area (Å²) in [5.74, 6) is -2.50. The smallest absolute Gasteiger partial charge is 0.207 e. The Bertz CT molecular complexity index is 143. The molecular weight excluding hydrogens is 158 g/mol. The zero-order chi connectivity index (χ0) is 9.19. The highest BCUT2D eigenvalue weighted by atomic mass is 19.3. The lowest BCUT2D eigenvalue weighted by Gasteiger charge is -2.34. The minimum atomic E-state index is -2.38. The molecule has 72 valence electrons. The number of hydrogen-bond donors (Lipinski definition) is 0. The van der Waals surface area contributed by atoms with Gasteiger partial charge >= 0.3 is 0 Å². The highest BCUT2D eigenvalue weighted by Gasteiger charge is 2.42. The van der Waals surface area contributed by atoms with Crippen molar-refractivity contribution in [3.63, 3.8) is 0 Å². The second-order valence-corrected chi connectivity index (χ2v) is 4.13. The van der Waals surface area contributed by atoms with Crippen LogP contribution in [0, 0.1) is 11.8 Å². The summed E-state index contributed by atoms with van der Waals surface area (Å²) in [6.45, 7) is 3.91. The first-order valence-electron chi connectivity index (χ1n) is 4.94. The molecule has 0 bridgehead atoms. The van der Waals surface area contributed by atoms with Crippen molar-refractivity contribution in [3.05, 3.63) is 0 Å². The summed E-state index contributed by atoms with van der Waals surface area (Å²) in [6.07, 6.45) is 3.40. The van der Waals surface area contributed by atoms with Gasteiger partial charge in [0.05, 0.1) is 0 Å². The SMILES string of the molecule is CCCC1CCC(C)CC1(F)F. The molecule has 1 fully saturated rings. The summed E-state index contributed by atoms with van der Waals surface area (Å²) in [6, 6.07) is 0. The van der Waals surface area contributed by atoms with Gasteiger partial charge < -0.3 is 0 Å². The molecule has 2 unspecified atom stereocenters. The van der Waals surface area contributed by atoms with Crippen molar-refractivity contribution in [2.45, 2.75) is 51.9 Å². The van der Waals surface area contributed by atoms with Crippen molar-refractivity contribution in [1.82, 2.24) is 0 Å². The third-order valence-electron chi connectivity index (χ3n) is 2.86. The van der Waals surface area contributed by atoms with Crippen molar-refractivity contribution in [2.24, 2.45) is 11.8 Å². The van der Waals surface area contributed by atoms with Crippen LogP contribution in [-0.2, 0) is 0 Å². The molecule has 0 saturated heterocycles. The van der Waals surface area contributed by atoms with Gasteiger partial charge in [-0.2, -0.15) is 0 Å². The number of hydrogen-bond acceptors (Lipinski definition) is 0. The fourth-order valence-electron chi connectivity index (χ4n) is 2.13. The zero-order valence-electron chi connectivity index (χ0n) is 7.95. The second-order valence-electron chi connectivity index (χ2n) is 4.13. The molecular formula is C10H18F2. The summed E-state index contributed by atoms with van der Waals surface area (Å²) < 4.78 is 26.6. The van der Waals surface area contributed by atoms with Gasteiger partial charge in [0.15, 0.2) is 0 Å². The van der Waals surface area contributed by atoms with Gasteiger partial charge in [0.1, 0.15) is 0 Å². The van der Waals surface area contributed by atoms with E-state index in [1.165, 1.54) is 0 Å². The van der Waals surface area contributed by atoms with E-state index in [2.05, 4.69) is 0 Å². The minimum Gasteiger partial charge on any atom is -0.207 e. The molecule has 0 N–H and O–H groups in total. The number of halogens is 2. The van der Waals surface area contributed by atoms with E-state index in [-0.39, 0.29) is 18.3 Å². The van der Waals surface area contributed by atoms with Gasteiger partial charge in [-0.05, 0) is 18.8 Å². The molecule has 0 aromatic carbocycles. The van der Waals surface area contributed by atoms with Crippen molar-refractivity contribution in [3.8, 4) is 0 Å². The topological polar surface area (TPSA) is 0 Å². The van der Waals surface area contributed by atoms with Crippen molar-refractivity contribution in [1.29, 1.82) is 0 Å². The van der Waals surface area contributed by atoms with Gasteiger partial charge in [-0.3, -0.25) is 0 Å². The van der Waals surface area contributed by atoms with E-state index in [4.69, 9.17) is 0 Å². The van der Waals surface area contributed by atoms with Crippen LogP contribution in [0.3, 0.4) is 0 Å². The van der Waals surface area contributed by atoms with Crippen LogP contribution >= 0.6 is 0 Å². The highest BCUT2D eigenvalue weighted by molar-refractivity contribution is 4.84. The maximum atomic E-state index is 13.3. The van der Waals surface area contributed by atoms with Crippen molar-refractivity contribution < 1.29 is 8.78 Å². The third kappa shape index (κ3) is 2.18. The van der Waals surface area contributed by atoms with E-state index < -0.39 is 5.92 Å². The second kappa shape index (κ2) is 3.71. The molecule has 0 amide bonds. The van der Waals surface area contributed by atoms with Gasteiger partial charge in [-0.1, -0.05) is 26.7 Å². The fourth-order valence-corrected chi connectivity index (χ4v) is 2.13. The Kier molecular flexibility index (Phi) is 3.08. The lowest BCUT2D eigenvalue weighted by molar-refractivity contribution is -0.102. The Morgan fingerprint density at radius 2 is 2.00 bits per heavy atom. The first-order valence-corrected chi connectivity index (χ1v) is 4.94. The van der Waals surface area contributed by atoms with Crippen LogP contribution in [0.5, 0.6) is 0 Å². The van der Waals surface area contributed by atoms with E-state index in [1.807, 2.05) is 13.8 Å². The summed E-state index contributed by atoms with van der Waals surface area (Å²) in [5.41, 5.74) is 0. The van der Waals surface area contributed by atoms with Crippen LogP contribution in [0.2, 0.25) is 0 Å². The number of rotatable bonds is 2. The molecule has 1 rings (SSSR count). The molecule has 0 radical (unpaired) electrons. The Balaban J connectivity index is 2.51. The largest absolute Gasteiger partial charge is 0.251 e. The summed E-state index contributed by atoms with van der Waals surface area (Å²) in [4.78, 5) is 0. The van der Waals surface area contributed by atoms with Gasteiger partial charge in [0, 0.05) is 12.3 Å². The first kappa shape index (κ1) is 9.94. The Labute approximate surface area is 73.3 Å². The normalized spacial score (nSPS) is 35.0. The Hall–Kier alpha value is -0.140. The van der Waals surface area contributed by atoms with E-state index in [0.29, 0.717) is 6.42 Å². The van der Waals surface area contributed by atoms with Gasteiger partial charge in [0.2, 0.25) is 0 Å². The minimum absolute atomic E-state index is 0.109. The van der Waals surface area contributed by atoms with E-state index in [1.54, 1.807) is 0 Å². The van der Waals surface area contributed by atoms with Crippen molar-refractivity contribution in [2.75, 3.05) is 0 Å². The zero-order valence-corrected chi connectivity index (χ0v) is 7.95. The fraction of sp³-hybridized carbons (Fsp3) is 1.00. The summed E-state index contributed by atoms with van der Waals surface area (Å²) >= 11 is 0. The molecule has 1 aliphatic rings. The van der Waals surface area contributed by atoms with Crippen LogP contribution < -0.4 is 0 Å². The van der Waals surface area contributed by atoms with E-state index >= 15 is 0 Å². The standard InChI is InChI=1S/C10H18F2/c1-3-4-9-6-5-8(2)7-10(9,11)12/h8-9H,3-7H2,1-2H3. The quantitative estimate of drug-likeness (QED) is 0.599. The molecule has 1 saturated carbocycles. The Morgan fingerprint density at radius 3 is 2.50 bits per heavy atom. The predicted molar refractivity (Wildman–Crippen MR) is 46.4 cm³/mol. The maximum Gasteiger partial charge on any atom is 0.251 e. The first-order chi connectivity index (χ1) is 5.56. The Morgan fingerprint density at radius 1 is 1.33 bits per heavy atom. The molecule has 2 atom stereocenters. The van der Waals surface area contributed by atoms with Crippen LogP contribution in [0.15, 0.2) is 0 Å². The average molecular weight is 176 g/mol. The van der Waals surface area contributed by atoms with Crippen LogP contribution in [0.4, 0.5) is 8.78 Å². The van der Waals surface area contributed by atoms with Crippen LogP contribution in [0.25, 0.3) is 0 Å². The number of alkyl halides is 2. The summed E-state index contributed by atoms with van der Waals surface area (Å²) in [7, 11) is 0. The molecule has 2 heteroatoms. The molecule has 0 aromatic rings. The lowest BCUT2D eigenvalue weighted by atomic mass is 9.78. The predicted octanol–water partition coefficient (Wildman–Crippen LogP) is 3.86. The van der Waals surface area contributed by atoms with Crippen molar-refractivity contribution >= 4 is 0 Å². The molecule has 1 aliphatic carbocycles. The molecule has 0 spiro atoms. The van der Waals surface area contributed by atoms with Crippen LogP contribution in [-0.4, -0.2) is 5.92 Å². The average Bonchev–Trinajstić information content (AvgIpc) is 1.94. The van der Waals surface area contributed by atoms with E-state index in [9.17, 15) is 8.78 Å². The molecule has 0 aromatic heterocycles. The summed E-state index contributed by atoms with van der Waals surface area (Å²) in [5, 5.41) is 0. The molecule has 0 aliphatic heterocycles. The van der Waals surface area contributed by atoms with Gasteiger partial charge in [-0.15, -0.1) is 0 Å². The lowest BCUT2D eigenvalue weighted by Crippen LogP contribution is -2.34. The maximum absolute atomic E-state index is 13.3. The van der Waals surface area contributed by atoms with Gasteiger partial charge in [0.25, 0.3) is 5.92 Å². The molecule has 12 heavy (non-hydrogen) atoms. The van der Waals surface area contributed by atoms with Crippen LogP contribution in [0.1, 0.15) is 46.0 Å². The highest BCUT2D eigenvalue weighted by Crippen LogP contribution is 2.43. The molecule has 0 nitrogen and oxygen atoms in total.